The van der Waals surface area contributed by atoms with Gasteiger partial charge in [-0.25, -0.2) is 0 Å². The van der Waals surface area contributed by atoms with Gasteiger partial charge in [0.2, 0.25) is 5.91 Å². The molecule has 1 unspecified atom stereocenters. The Balaban J connectivity index is 2.57. The van der Waals surface area contributed by atoms with E-state index in [-0.39, 0.29) is 11.9 Å². The number of nitrogens with one attached hydrogen (secondary N) is 2. The average molecular weight is 299 g/mol. The van der Waals surface area contributed by atoms with Crippen molar-refractivity contribution in [2.24, 2.45) is 0 Å². The van der Waals surface area contributed by atoms with E-state index < -0.39 is 0 Å². The van der Waals surface area contributed by atoms with Gasteiger partial charge in [-0.2, -0.15) is 0 Å². The normalized spacial score (nSPS) is 12.2. The summed E-state index contributed by atoms with van der Waals surface area (Å²) in [5, 5.41) is 6.04. The minimum atomic E-state index is 0.0425. The Morgan fingerprint density at radius 2 is 2.18 bits per heavy atom. The molecule has 1 aromatic rings. The van der Waals surface area contributed by atoms with Gasteiger partial charge >= 0.3 is 0 Å². The van der Waals surface area contributed by atoms with Gasteiger partial charge in [-0.05, 0) is 31.0 Å². The predicted octanol–water partition coefficient (Wildman–Crippen LogP) is 2.63. The molecule has 0 bridgehead atoms. The Morgan fingerprint density at radius 3 is 2.76 bits per heavy atom. The van der Waals surface area contributed by atoms with E-state index in [1.54, 1.807) is 0 Å². The molecule has 94 valence electrons. The summed E-state index contributed by atoms with van der Waals surface area (Å²) in [6.45, 7) is 5.06. The molecule has 0 spiro atoms. The first kappa shape index (κ1) is 14.2. The van der Waals surface area contributed by atoms with Crippen LogP contribution in [0.3, 0.4) is 0 Å². The molecule has 4 heteroatoms. The Hall–Kier alpha value is -0.870. The maximum atomic E-state index is 11.4. The first-order chi connectivity index (χ1) is 8.17. The van der Waals surface area contributed by atoms with Crippen LogP contribution in [0.1, 0.15) is 31.9 Å². The SMILES string of the molecule is CCNC(=O)CNC(CC)c1cccc(Br)c1. The van der Waals surface area contributed by atoms with Crippen LogP contribution >= 0.6 is 15.9 Å². The molecule has 2 N–H and O–H groups in total. The zero-order valence-corrected chi connectivity index (χ0v) is 11.9. The van der Waals surface area contributed by atoms with Gasteiger partial charge in [0.25, 0.3) is 0 Å². The number of amides is 1. The fraction of sp³-hybridized carbons (Fsp3) is 0.462. The van der Waals surface area contributed by atoms with Crippen LogP contribution in [0.25, 0.3) is 0 Å². The van der Waals surface area contributed by atoms with E-state index in [0.29, 0.717) is 13.1 Å². The Kier molecular flexibility index (Phi) is 6.22. The van der Waals surface area contributed by atoms with Crippen molar-refractivity contribution in [3.8, 4) is 0 Å². The predicted molar refractivity (Wildman–Crippen MR) is 73.9 cm³/mol. The third kappa shape index (κ3) is 4.88. The Bertz CT molecular complexity index is 368. The molecule has 0 aliphatic heterocycles. The van der Waals surface area contributed by atoms with Crippen LogP contribution in [0.5, 0.6) is 0 Å². The number of rotatable bonds is 6. The minimum absolute atomic E-state index is 0.0425. The lowest BCUT2D eigenvalue weighted by atomic mass is 10.0. The van der Waals surface area contributed by atoms with Crippen molar-refractivity contribution in [3.05, 3.63) is 34.3 Å². The quantitative estimate of drug-likeness (QED) is 0.848. The topological polar surface area (TPSA) is 41.1 Å². The molecule has 0 fully saturated rings. The highest BCUT2D eigenvalue weighted by atomic mass is 79.9. The summed E-state index contributed by atoms with van der Waals surface area (Å²) >= 11 is 3.46. The van der Waals surface area contributed by atoms with Gasteiger partial charge in [0.1, 0.15) is 0 Å². The maximum Gasteiger partial charge on any atom is 0.233 e. The minimum Gasteiger partial charge on any atom is -0.355 e. The zero-order chi connectivity index (χ0) is 12.7. The van der Waals surface area contributed by atoms with Crippen LogP contribution in [-0.4, -0.2) is 19.0 Å². The molecule has 1 aromatic carbocycles. The van der Waals surface area contributed by atoms with Gasteiger partial charge in [0.15, 0.2) is 0 Å². The molecule has 0 aromatic heterocycles. The summed E-state index contributed by atoms with van der Waals surface area (Å²) in [7, 11) is 0. The molecule has 0 aliphatic carbocycles. The van der Waals surface area contributed by atoms with Crippen LogP contribution in [0.2, 0.25) is 0 Å². The second-order valence-corrected chi connectivity index (χ2v) is 4.77. The molecule has 0 radical (unpaired) electrons. The van der Waals surface area contributed by atoms with E-state index >= 15 is 0 Å². The van der Waals surface area contributed by atoms with Crippen LogP contribution in [0.15, 0.2) is 28.7 Å². The lowest BCUT2D eigenvalue weighted by Gasteiger charge is -2.17. The second-order valence-electron chi connectivity index (χ2n) is 3.85. The number of benzene rings is 1. The Labute approximate surface area is 111 Å². The number of hydrogen-bond acceptors (Lipinski definition) is 2. The van der Waals surface area contributed by atoms with Crippen molar-refractivity contribution in [1.82, 2.24) is 10.6 Å². The van der Waals surface area contributed by atoms with Crippen LogP contribution in [0.4, 0.5) is 0 Å². The van der Waals surface area contributed by atoms with Crippen molar-refractivity contribution in [1.29, 1.82) is 0 Å². The molecule has 0 saturated heterocycles. The van der Waals surface area contributed by atoms with Crippen molar-refractivity contribution < 1.29 is 4.79 Å². The summed E-state index contributed by atoms with van der Waals surface area (Å²) in [6.07, 6.45) is 0.954. The number of halogens is 1. The summed E-state index contributed by atoms with van der Waals surface area (Å²) in [6, 6.07) is 8.38. The number of carbonyl (C=O) groups excluding carboxylic acids is 1. The van der Waals surface area contributed by atoms with E-state index in [4.69, 9.17) is 0 Å². The third-order valence-corrected chi connectivity index (χ3v) is 3.04. The van der Waals surface area contributed by atoms with Gasteiger partial charge in [-0.1, -0.05) is 35.0 Å². The van der Waals surface area contributed by atoms with Gasteiger partial charge in [-0.15, -0.1) is 0 Å². The van der Waals surface area contributed by atoms with Crippen molar-refractivity contribution in [2.75, 3.05) is 13.1 Å². The lowest BCUT2D eigenvalue weighted by Crippen LogP contribution is -2.35. The number of carbonyl (C=O) groups is 1. The largest absolute Gasteiger partial charge is 0.355 e. The molecule has 17 heavy (non-hydrogen) atoms. The molecule has 0 aliphatic rings. The standard InChI is InChI=1S/C13H19BrN2O/c1-3-12(16-9-13(17)15-4-2)10-6-5-7-11(14)8-10/h5-8,12,16H,3-4,9H2,1-2H3,(H,15,17). The van der Waals surface area contributed by atoms with Crippen LogP contribution in [-0.2, 0) is 4.79 Å². The molecule has 0 saturated carbocycles. The molecule has 1 rings (SSSR count). The van der Waals surface area contributed by atoms with E-state index in [2.05, 4.69) is 45.6 Å². The molecular formula is C13H19BrN2O. The molecule has 3 nitrogen and oxygen atoms in total. The highest BCUT2D eigenvalue weighted by Gasteiger charge is 2.10. The van der Waals surface area contributed by atoms with Crippen LogP contribution in [0, 0.1) is 0 Å². The van der Waals surface area contributed by atoms with Gasteiger partial charge in [0.05, 0.1) is 6.54 Å². The summed E-state index contributed by atoms with van der Waals surface area (Å²) in [5.41, 5.74) is 1.20. The molecular weight excluding hydrogens is 280 g/mol. The van der Waals surface area contributed by atoms with Crippen molar-refractivity contribution in [2.45, 2.75) is 26.3 Å². The Morgan fingerprint density at radius 1 is 1.41 bits per heavy atom. The van der Waals surface area contributed by atoms with E-state index in [1.807, 2.05) is 19.1 Å². The first-order valence-corrected chi connectivity index (χ1v) is 6.72. The summed E-state index contributed by atoms with van der Waals surface area (Å²) < 4.78 is 1.06. The number of hydrogen-bond donors (Lipinski definition) is 2. The highest BCUT2D eigenvalue weighted by Crippen LogP contribution is 2.20. The lowest BCUT2D eigenvalue weighted by molar-refractivity contribution is -0.120. The maximum absolute atomic E-state index is 11.4. The number of likely N-dealkylation sites (N-methyl/N-ethyl adjacent to an activating group) is 1. The third-order valence-electron chi connectivity index (χ3n) is 2.54. The fourth-order valence-electron chi connectivity index (χ4n) is 1.70. The van der Waals surface area contributed by atoms with E-state index in [9.17, 15) is 4.79 Å². The molecule has 0 heterocycles. The monoisotopic (exact) mass is 298 g/mol. The second kappa shape index (κ2) is 7.45. The van der Waals surface area contributed by atoms with Gasteiger partial charge in [-0.3, -0.25) is 4.79 Å². The van der Waals surface area contributed by atoms with Gasteiger partial charge in [0, 0.05) is 17.1 Å². The zero-order valence-electron chi connectivity index (χ0n) is 10.3. The molecule has 1 atom stereocenters. The first-order valence-electron chi connectivity index (χ1n) is 5.92. The van der Waals surface area contributed by atoms with E-state index in [0.717, 1.165) is 10.9 Å². The van der Waals surface area contributed by atoms with Crippen molar-refractivity contribution >= 4 is 21.8 Å². The smallest absolute Gasteiger partial charge is 0.233 e. The van der Waals surface area contributed by atoms with Gasteiger partial charge < -0.3 is 10.6 Å². The van der Waals surface area contributed by atoms with Crippen molar-refractivity contribution in [3.63, 3.8) is 0 Å². The van der Waals surface area contributed by atoms with Crippen LogP contribution < -0.4 is 10.6 Å². The average Bonchev–Trinajstić information content (AvgIpc) is 2.30. The fourth-order valence-corrected chi connectivity index (χ4v) is 2.11. The summed E-state index contributed by atoms with van der Waals surface area (Å²) in [4.78, 5) is 11.4. The summed E-state index contributed by atoms with van der Waals surface area (Å²) in [5.74, 6) is 0.0425. The molecule has 1 amide bonds. The van der Waals surface area contributed by atoms with E-state index in [1.165, 1.54) is 5.56 Å². The highest BCUT2D eigenvalue weighted by molar-refractivity contribution is 9.10.